The lowest BCUT2D eigenvalue weighted by atomic mass is 10.2. The second-order valence-corrected chi connectivity index (χ2v) is 4.55. The smallest absolute Gasteiger partial charge is 0.254 e. The molecule has 0 saturated heterocycles. The fourth-order valence-electron chi connectivity index (χ4n) is 1.18. The fourth-order valence-corrected chi connectivity index (χ4v) is 1.72. The first-order valence-electron chi connectivity index (χ1n) is 4.33. The number of carbonyl (C=O) groups excluding carboxylic acids is 1. The number of methoxy groups -OCH3 is 1. The molecule has 0 heterocycles. The molecule has 0 aliphatic carbocycles. The fraction of sp³-hybridized carbons (Fsp3) is 0.222. The zero-order valence-corrected chi connectivity index (χ0v) is 9.67. The van der Waals surface area contributed by atoms with Gasteiger partial charge < -0.3 is 10.1 Å². The second kappa shape index (κ2) is 4.50. The zero-order chi connectivity index (χ0) is 12.3. The molecule has 0 saturated carbocycles. The van der Waals surface area contributed by atoms with Crippen molar-refractivity contribution in [3.63, 3.8) is 0 Å². The van der Waals surface area contributed by atoms with Crippen LogP contribution in [0.1, 0.15) is 10.4 Å². The molecule has 88 valence electrons. The average Bonchev–Trinajstić information content (AvgIpc) is 2.25. The maximum absolute atomic E-state index is 11.4. The van der Waals surface area contributed by atoms with Crippen LogP contribution in [0.15, 0.2) is 23.1 Å². The van der Waals surface area contributed by atoms with Crippen LogP contribution < -0.4 is 15.2 Å². The van der Waals surface area contributed by atoms with E-state index in [2.05, 4.69) is 5.32 Å². The van der Waals surface area contributed by atoms with Gasteiger partial charge in [0.15, 0.2) is 0 Å². The molecule has 7 heteroatoms. The quantitative estimate of drug-likeness (QED) is 0.762. The zero-order valence-electron chi connectivity index (χ0n) is 8.85. The number of hydrogen-bond acceptors (Lipinski definition) is 4. The Hall–Kier alpha value is -1.60. The monoisotopic (exact) mass is 244 g/mol. The van der Waals surface area contributed by atoms with E-state index in [1.54, 1.807) is 0 Å². The summed E-state index contributed by atoms with van der Waals surface area (Å²) in [5.74, 6) is -0.158. The van der Waals surface area contributed by atoms with Gasteiger partial charge in [0.05, 0.1) is 17.6 Å². The summed E-state index contributed by atoms with van der Waals surface area (Å²) in [4.78, 5) is 11.3. The van der Waals surface area contributed by atoms with Gasteiger partial charge >= 0.3 is 0 Å². The van der Waals surface area contributed by atoms with Gasteiger partial charge in [-0.15, -0.1) is 0 Å². The highest BCUT2D eigenvalue weighted by Gasteiger charge is 2.16. The van der Waals surface area contributed by atoms with E-state index in [1.165, 1.54) is 32.4 Å². The molecule has 0 bridgehead atoms. The Labute approximate surface area is 93.5 Å². The van der Waals surface area contributed by atoms with Gasteiger partial charge in [-0.25, -0.2) is 13.6 Å². The van der Waals surface area contributed by atoms with Crippen molar-refractivity contribution in [2.75, 3.05) is 14.2 Å². The third-order valence-corrected chi connectivity index (χ3v) is 2.88. The molecule has 0 aliphatic heterocycles. The van der Waals surface area contributed by atoms with E-state index in [4.69, 9.17) is 9.88 Å². The first-order chi connectivity index (χ1) is 7.40. The van der Waals surface area contributed by atoms with Crippen molar-refractivity contribution in [3.8, 4) is 5.75 Å². The van der Waals surface area contributed by atoms with Crippen molar-refractivity contribution in [1.29, 1.82) is 0 Å². The summed E-state index contributed by atoms with van der Waals surface area (Å²) in [5, 5.41) is 7.34. The predicted molar refractivity (Wildman–Crippen MR) is 57.8 cm³/mol. The molecule has 16 heavy (non-hydrogen) atoms. The summed E-state index contributed by atoms with van der Waals surface area (Å²) in [7, 11) is -1.00. The van der Waals surface area contributed by atoms with Crippen molar-refractivity contribution in [2.24, 2.45) is 5.14 Å². The number of primary sulfonamides is 1. The van der Waals surface area contributed by atoms with E-state index in [1.807, 2.05) is 0 Å². The molecular formula is C9H12N2O4S. The lowest BCUT2D eigenvalue weighted by Gasteiger charge is -2.08. The maximum atomic E-state index is 11.4. The molecule has 6 nitrogen and oxygen atoms in total. The van der Waals surface area contributed by atoms with Gasteiger partial charge in [0, 0.05) is 7.05 Å². The van der Waals surface area contributed by atoms with E-state index >= 15 is 0 Å². The average molecular weight is 244 g/mol. The van der Waals surface area contributed by atoms with Gasteiger partial charge in [0.2, 0.25) is 10.0 Å². The van der Waals surface area contributed by atoms with Crippen LogP contribution in [0.2, 0.25) is 0 Å². The van der Waals surface area contributed by atoms with Crippen LogP contribution in [0.5, 0.6) is 5.75 Å². The summed E-state index contributed by atoms with van der Waals surface area (Å²) in [6, 6.07) is 3.83. The summed E-state index contributed by atoms with van der Waals surface area (Å²) in [6.07, 6.45) is 0. The van der Waals surface area contributed by atoms with Gasteiger partial charge in [-0.3, -0.25) is 4.79 Å². The highest BCUT2D eigenvalue weighted by atomic mass is 32.2. The Balaban J connectivity index is 3.38. The third kappa shape index (κ3) is 2.50. The highest BCUT2D eigenvalue weighted by molar-refractivity contribution is 7.89. The number of amides is 1. The Bertz CT molecular complexity index is 510. The predicted octanol–water partition coefficient (Wildman–Crippen LogP) is -0.298. The molecule has 1 amide bonds. The molecular weight excluding hydrogens is 232 g/mol. The lowest BCUT2D eigenvalue weighted by Crippen LogP contribution is -2.20. The standard InChI is InChI=1S/C9H12N2O4S/c1-11-9(12)7-5-6(16(10,13)14)3-4-8(7)15-2/h3-5H,1-2H3,(H,11,12)(H2,10,13,14). The van der Waals surface area contributed by atoms with E-state index in [-0.39, 0.29) is 16.2 Å². The topological polar surface area (TPSA) is 98.5 Å². The molecule has 1 aromatic carbocycles. The third-order valence-electron chi connectivity index (χ3n) is 1.97. The Kier molecular flexibility index (Phi) is 3.51. The molecule has 0 aliphatic rings. The molecule has 3 N–H and O–H groups in total. The molecule has 0 unspecified atom stereocenters. The number of hydrogen-bond donors (Lipinski definition) is 2. The number of sulfonamides is 1. The molecule has 1 rings (SSSR count). The van der Waals surface area contributed by atoms with Crippen molar-refractivity contribution in [3.05, 3.63) is 23.8 Å². The van der Waals surface area contributed by atoms with Crippen molar-refractivity contribution in [1.82, 2.24) is 5.32 Å². The SMILES string of the molecule is CNC(=O)c1cc(S(N)(=O)=O)ccc1OC. The van der Waals surface area contributed by atoms with Gasteiger partial charge in [0.1, 0.15) is 5.75 Å². The van der Waals surface area contributed by atoms with Crippen LogP contribution in [-0.4, -0.2) is 28.5 Å². The Morgan fingerprint density at radius 3 is 2.50 bits per heavy atom. The molecule has 0 atom stereocenters. The van der Waals surface area contributed by atoms with E-state index < -0.39 is 15.9 Å². The number of rotatable bonds is 3. The van der Waals surface area contributed by atoms with Gasteiger partial charge in [-0.05, 0) is 18.2 Å². The Morgan fingerprint density at radius 1 is 1.44 bits per heavy atom. The van der Waals surface area contributed by atoms with Gasteiger partial charge in [-0.2, -0.15) is 0 Å². The molecule has 1 aromatic rings. The highest BCUT2D eigenvalue weighted by Crippen LogP contribution is 2.21. The minimum Gasteiger partial charge on any atom is -0.496 e. The lowest BCUT2D eigenvalue weighted by molar-refractivity contribution is 0.0960. The minimum absolute atomic E-state index is 0.122. The van der Waals surface area contributed by atoms with Crippen LogP contribution in [-0.2, 0) is 10.0 Å². The van der Waals surface area contributed by atoms with E-state index in [0.717, 1.165) is 0 Å². The number of benzene rings is 1. The van der Waals surface area contributed by atoms with Crippen LogP contribution in [0.3, 0.4) is 0 Å². The van der Waals surface area contributed by atoms with Crippen LogP contribution in [0.25, 0.3) is 0 Å². The summed E-state index contributed by atoms with van der Waals surface area (Å²) in [5.41, 5.74) is 0.122. The van der Waals surface area contributed by atoms with E-state index in [0.29, 0.717) is 0 Å². The first-order valence-corrected chi connectivity index (χ1v) is 5.87. The van der Waals surface area contributed by atoms with Gasteiger partial charge in [0.25, 0.3) is 5.91 Å². The largest absolute Gasteiger partial charge is 0.496 e. The van der Waals surface area contributed by atoms with Crippen molar-refractivity contribution >= 4 is 15.9 Å². The number of nitrogens with one attached hydrogen (secondary N) is 1. The second-order valence-electron chi connectivity index (χ2n) is 2.99. The summed E-state index contributed by atoms with van der Waals surface area (Å²) in [6.45, 7) is 0. The summed E-state index contributed by atoms with van der Waals surface area (Å²) < 4.78 is 27.1. The van der Waals surface area contributed by atoms with Crippen molar-refractivity contribution < 1.29 is 17.9 Å². The van der Waals surface area contributed by atoms with Crippen LogP contribution >= 0.6 is 0 Å². The summed E-state index contributed by atoms with van der Waals surface area (Å²) >= 11 is 0. The molecule has 0 radical (unpaired) electrons. The number of nitrogens with two attached hydrogens (primary N) is 1. The minimum atomic E-state index is -3.83. The molecule has 0 fully saturated rings. The molecule has 0 spiro atoms. The first kappa shape index (κ1) is 12.5. The van der Waals surface area contributed by atoms with Crippen LogP contribution in [0.4, 0.5) is 0 Å². The molecule has 0 aromatic heterocycles. The van der Waals surface area contributed by atoms with E-state index in [9.17, 15) is 13.2 Å². The number of carbonyl (C=O) groups is 1. The maximum Gasteiger partial charge on any atom is 0.254 e. The number of ether oxygens (including phenoxy) is 1. The van der Waals surface area contributed by atoms with Gasteiger partial charge in [-0.1, -0.05) is 0 Å². The van der Waals surface area contributed by atoms with Crippen LogP contribution in [0, 0.1) is 0 Å². The Morgan fingerprint density at radius 2 is 2.06 bits per heavy atom. The van der Waals surface area contributed by atoms with Crippen molar-refractivity contribution in [2.45, 2.75) is 4.90 Å². The normalized spacial score (nSPS) is 10.9.